The van der Waals surface area contributed by atoms with E-state index in [4.69, 9.17) is 5.26 Å². The maximum Gasteiger partial charge on any atom is 0.0949 e. The lowest BCUT2D eigenvalue weighted by atomic mass is 9.87. The molecule has 0 saturated carbocycles. The first-order valence-electron chi connectivity index (χ1n) is 6.59. The predicted octanol–water partition coefficient (Wildman–Crippen LogP) is 2.34. The molecule has 1 aromatic rings. The Hall–Kier alpha value is -1.37. The fourth-order valence-electron chi connectivity index (χ4n) is 2.63. The van der Waals surface area contributed by atoms with Crippen molar-refractivity contribution < 1.29 is 5.11 Å². The number of hydrogen-bond donors (Lipinski definition) is 1. The molecule has 18 heavy (non-hydrogen) atoms. The fraction of sp³-hybridized carbons (Fsp3) is 0.533. The summed E-state index contributed by atoms with van der Waals surface area (Å²) in [5.41, 5.74) is 1.00. The molecule has 0 bridgehead atoms. The molecule has 3 nitrogen and oxygen atoms in total. The summed E-state index contributed by atoms with van der Waals surface area (Å²) in [4.78, 5) is 2.19. The van der Waals surface area contributed by atoms with Crippen molar-refractivity contribution in [3.8, 4) is 6.07 Å². The lowest BCUT2D eigenvalue weighted by Crippen LogP contribution is -2.40. The molecular formula is C15H20N2O. The quantitative estimate of drug-likeness (QED) is 0.887. The first kappa shape index (κ1) is 13.1. The van der Waals surface area contributed by atoms with E-state index in [9.17, 15) is 5.11 Å². The number of rotatable bonds is 3. The van der Waals surface area contributed by atoms with Crippen molar-refractivity contribution in [3.05, 3.63) is 35.9 Å². The fourth-order valence-corrected chi connectivity index (χ4v) is 2.63. The highest BCUT2D eigenvalue weighted by molar-refractivity contribution is 5.18. The summed E-state index contributed by atoms with van der Waals surface area (Å²) in [6.45, 7) is 3.75. The molecule has 1 aliphatic heterocycles. The summed E-state index contributed by atoms with van der Waals surface area (Å²) in [5, 5.41) is 19.2. The van der Waals surface area contributed by atoms with Crippen LogP contribution >= 0.6 is 0 Å². The summed E-state index contributed by atoms with van der Waals surface area (Å²) in [6.07, 6.45) is 1.55. The van der Waals surface area contributed by atoms with Gasteiger partial charge in [0.2, 0.25) is 0 Å². The number of likely N-dealkylation sites (tertiary alicyclic amines) is 1. The first-order valence-corrected chi connectivity index (χ1v) is 6.59. The summed E-state index contributed by atoms with van der Waals surface area (Å²) < 4.78 is 0. The zero-order valence-electron chi connectivity index (χ0n) is 10.8. The average Bonchev–Trinajstić information content (AvgIpc) is 2.47. The van der Waals surface area contributed by atoms with Gasteiger partial charge in [0, 0.05) is 0 Å². The highest BCUT2D eigenvalue weighted by atomic mass is 16.3. The number of nitriles is 1. The predicted molar refractivity (Wildman–Crippen MR) is 70.8 cm³/mol. The Kier molecular flexibility index (Phi) is 4.35. The third-order valence-electron chi connectivity index (χ3n) is 3.90. The molecule has 1 aromatic carbocycles. The van der Waals surface area contributed by atoms with Crippen LogP contribution in [0.15, 0.2) is 30.3 Å². The van der Waals surface area contributed by atoms with Crippen LogP contribution in [0.2, 0.25) is 0 Å². The Morgan fingerprint density at radius 3 is 2.44 bits per heavy atom. The van der Waals surface area contributed by atoms with Crippen LogP contribution in [0.25, 0.3) is 0 Å². The van der Waals surface area contributed by atoms with Crippen molar-refractivity contribution in [3.63, 3.8) is 0 Å². The minimum atomic E-state index is -0.370. The van der Waals surface area contributed by atoms with Gasteiger partial charge in [-0.25, -0.2) is 0 Å². The molecule has 1 N–H and O–H groups in total. The average molecular weight is 244 g/mol. The van der Waals surface area contributed by atoms with Gasteiger partial charge in [0.1, 0.15) is 0 Å². The van der Waals surface area contributed by atoms with E-state index in [0.29, 0.717) is 5.92 Å². The highest BCUT2D eigenvalue weighted by Gasteiger charge is 2.27. The lowest BCUT2D eigenvalue weighted by Gasteiger charge is -2.35. The summed E-state index contributed by atoms with van der Waals surface area (Å²) in [7, 11) is 0. The van der Waals surface area contributed by atoms with Gasteiger partial charge in [-0.05, 0) is 44.3 Å². The van der Waals surface area contributed by atoms with Crippen molar-refractivity contribution in [1.82, 2.24) is 4.90 Å². The normalized spacial score (nSPS) is 21.2. The van der Waals surface area contributed by atoms with Crippen LogP contribution in [0.3, 0.4) is 0 Å². The molecule has 0 aromatic heterocycles. The molecule has 0 amide bonds. The molecule has 0 spiro atoms. The van der Waals surface area contributed by atoms with Gasteiger partial charge in [-0.1, -0.05) is 30.3 Å². The largest absolute Gasteiger partial charge is 0.388 e. The molecule has 1 fully saturated rings. The Morgan fingerprint density at radius 1 is 1.28 bits per heavy atom. The second-order valence-electron chi connectivity index (χ2n) is 5.03. The maximum absolute atomic E-state index is 10.3. The zero-order chi connectivity index (χ0) is 13.0. The monoisotopic (exact) mass is 244 g/mol. The molecular weight excluding hydrogens is 224 g/mol. The van der Waals surface area contributed by atoms with Crippen LogP contribution in [0.5, 0.6) is 0 Å². The van der Waals surface area contributed by atoms with Crippen molar-refractivity contribution in [2.24, 2.45) is 5.92 Å². The van der Waals surface area contributed by atoms with Crippen molar-refractivity contribution in [1.29, 1.82) is 5.26 Å². The van der Waals surface area contributed by atoms with E-state index in [1.165, 1.54) is 0 Å². The summed E-state index contributed by atoms with van der Waals surface area (Å²) >= 11 is 0. The van der Waals surface area contributed by atoms with E-state index < -0.39 is 0 Å². The van der Waals surface area contributed by atoms with Crippen molar-refractivity contribution >= 4 is 0 Å². The Bertz CT molecular complexity index is 404. The number of aliphatic hydroxyl groups is 1. The minimum absolute atomic E-state index is 0.0141. The highest BCUT2D eigenvalue weighted by Crippen LogP contribution is 2.30. The Balaban J connectivity index is 1.92. The van der Waals surface area contributed by atoms with E-state index in [1.54, 1.807) is 0 Å². The molecule has 1 saturated heterocycles. The van der Waals surface area contributed by atoms with E-state index in [-0.39, 0.29) is 12.1 Å². The van der Waals surface area contributed by atoms with Gasteiger partial charge in [-0.3, -0.25) is 4.90 Å². The van der Waals surface area contributed by atoms with Gasteiger partial charge in [0.15, 0.2) is 0 Å². The number of benzene rings is 1. The second-order valence-corrected chi connectivity index (χ2v) is 5.03. The smallest absolute Gasteiger partial charge is 0.0949 e. The van der Waals surface area contributed by atoms with Gasteiger partial charge in [0.25, 0.3) is 0 Å². The van der Waals surface area contributed by atoms with E-state index >= 15 is 0 Å². The molecule has 2 rings (SSSR count). The van der Waals surface area contributed by atoms with Gasteiger partial charge >= 0.3 is 0 Å². The van der Waals surface area contributed by atoms with Crippen molar-refractivity contribution in [2.45, 2.75) is 31.9 Å². The molecule has 1 heterocycles. The maximum atomic E-state index is 10.3. The third-order valence-corrected chi connectivity index (χ3v) is 3.90. The molecule has 2 atom stereocenters. The topological polar surface area (TPSA) is 47.3 Å². The van der Waals surface area contributed by atoms with Crippen LogP contribution in [0.4, 0.5) is 0 Å². The second kappa shape index (κ2) is 5.99. The first-order chi connectivity index (χ1) is 8.72. The molecule has 1 aliphatic rings. The SMILES string of the molecule is C[C@H](C#N)N1CCC([C@H](O)c2ccccc2)CC1. The van der Waals surface area contributed by atoms with Crippen LogP contribution in [-0.4, -0.2) is 29.1 Å². The van der Waals surface area contributed by atoms with E-state index in [1.807, 2.05) is 37.3 Å². The summed E-state index contributed by atoms with van der Waals surface area (Å²) in [6, 6.07) is 12.1. The van der Waals surface area contributed by atoms with E-state index in [0.717, 1.165) is 31.5 Å². The zero-order valence-corrected chi connectivity index (χ0v) is 10.8. The standard InChI is InChI=1S/C15H20N2O/c1-12(11-16)17-9-7-14(8-10-17)15(18)13-5-3-2-4-6-13/h2-6,12,14-15,18H,7-10H2,1H3/t12-,15-/m1/s1. The number of piperidine rings is 1. The van der Waals surface area contributed by atoms with Crippen LogP contribution in [0.1, 0.15) is 31.4 Å². The molecule has 96 valence electrons. The van der Waals surface area contributed by atoms with Gasteiger partial charge in [-0.15, -0.1) is 0 Å². The Morgan fingerprint density at radius 2 is 1.89 bits per heavy atom. The van der Waals surface area contributed by atoms with Gasteiger partial charge in [0.05, 0.1) is 18.2 Å². The molecule has 3 heteroatoms. The van der Waals surface area contributed by atoms with Crippen molar-refractivity contribution in [2.75, 3.05) is 13.1 Å². The summed E-state index contributed by atoms with van der Waals surface area (Å²) in [5.74, 6) is 0.314. The molecule has 0 unspecified atom stereocenters. The lowest BCUT2D eigenvalue weighted by molar-refractivity contribution is 0.0540. The van der Waals surface area contributed by atoms with Crippen LogP contribution in [-0.2, 0) is 0 Å². The molecule has 0 aliphatic carbocycles. The van der Waals surface area contributed by atoms with E-state index in [2.05, 4.69) is 11.0 Å². The van der Waals surface area contributed by atoms with Crippen LogP contribution in [0, 0.1) is 17.2 Å². The van der Waals surface area contributed by atoms with Crippen LogP contribution < -0.4 is 0 Å². The van der Waals surface area contributed by atoms with Gasteiger partial charge < -0.3 is 5.11 Å². The molecule has 0 radical (unpaired) electrons. The minimum Gasteiger partial charge on any atom is -0.388 e. The number of aliphatic hydroxyl groups excluding tert-OH is 1. The third kappa shape index (κ3) is 2.90. The van der Waals surface area contributed by atoms with Gasteiger partial charge in [-0.2, -0.15) is 5.26 Å². The number of hydrogen-bond acceptors (Lipinski definition) is 3. The Labute approximate surface area is 109 Å². The number of nitrogens with zero attached hydrogens (tertiary/aromatic N) is 2.